The summed E-state index contributed by atoms with van der Waals surface area (Å²) in [7, 11) is 0. The number of carbonyl (C=O) groups excluding carboxylic acids is 1. The predicted molar refractivity (Wildman–Crippen MR) is 96.9 cm³/mol. The molecule has 0 atom stereocenters. The number of carbonyl (C=O) groups is 1. The number of halogens is 1. The smallest absolute Gasteiger partial charge is 0.254 e. The van der Waals surface area contributed by atoms with Crippen LogP contribution in [0.5, 0.6) is 0 Å². The standard InChI is InChI=1S/C18H16ClN5O/c1-12-15(19)6-4-7-16(12)24-18-22-9-13(10-23-18)17(25)21-11-14-5-2-3-8-20-14/h2-10H,11H2,1H3,(H,21,25)(H,22,23,24). The second kappa shape index (κ2) is 7.72. The summed E-state index contributed by atoms with van der Waals surface area (Å²) in [5.41, 5.74) is 2.89. The van der Waals surface area contributed by atoms with E-state index in [0.717, 1.165) is 16.9 Å². The SMILES string of the molecule is Cc1c(Cl)cccc1Nc1ncc(C(=O)NCc2ccccn2)cn1. The number of aromatic nitrogens is 3. The Morgan fingerprint density at radius 2 is 1.88 bits per heavy atom. The fourth-order valence-corrected chi connectivity index (χ4v) is 2.32. The third-order valence-corrected chi connectivity index (χ3v) is 3.99. The lowest BCUT2D eigenvalue weighted by atomic mass is 10.2. The first-order valence-electron chi connectivity index (χ1n) is 7.66. The fraction of sp³-hybridized carbons (Fsp3) is 0.111. The van der Waals surface area contributed by atoms with Crippen molar-refractivity contribution in [2.24, 2.45) is 0 Å². The number of rotatable bonds is 5. The Balaban J connectivity index is 1.63. The molecule has 25 heavy (non-hydrogen) atoms. The van der Waals surface area contributed by atoms with Gasteiger partial charge < -0.3 is 10.6 Å². The van der Waals surface area contributed by atoms with Crippen molar-refractivity contribution in [1.82, 2.24) is 20.3 Å². The number of hydrogen-bond donors (Lipinski definition) is 2. The summed E-state index contributed by atoms with van der Waals surface area (Å²) in [6.07, 6.45) is 4.63. The van der Waals surface area contributed by atoms with Gasteiger partial charge in [0.1, 0.15) is 0 Å². The van der Waals surface area contributed by atoms with Crippen LogP contribution in [-0.2, 0) is 6.54 Å². The van der Waals surface area contributed by atoms with Crippen LogP contribution in [0, 0.1) is 6.92 Å². The molecule has 0 bridgehead atoms. The van der Waals surface area contributed by atoms with Crippen LogP contribution in [0.4, 0.5) is 11.6 Å². The lowest BCUT2D eigenvalue weighted by Crippen LogP contribution is -2.23. The Kier molecular flexibility index (Phi) is 5.20. The first-order chi connectivity index (χ1) is 12.1. The van der Waals surface area contributed by atoms with E-state index in [1.54, 1.807) is 6.20 Å². The van der Waals surface area contributed by atoms with Crippen LogP contribution >= 0.6 is 11.6 Å². The molecule has 1 amide bonds. The van der Waals surface area contributed by atoms with E-state index in [-0.39, 0.29) is 5.91 Å². The van der Waals surface area contributed by atoms with Crippen molar-refractivity contribution in [3.8, 4) is 0 Å². The van der Waals surface area contributed by atoms with Crippen LogP contribution in [0.1, 0.15) is 21.6 Å². The van der Waals surface area contributed by atoms with E-state index in [1.807, 2.05) is 43.3 Å². The lowest BCUT2D eigenvalue weighted by Gasteiger charge is -2.09. The van der Waals surface area contributed by atoms with Gasteiger partial charge in [0.15, 0.2) is 0 Å². The van der Waals surface area contributed by atoms with Gasteiger partial charge in [-0.25, -0.2) is 9.97 Å². The van der Waals surface area contributed by atoms with Gasteiger partial charge in [0, 0.05) is 29.3 Å². The minimum Gasteiger partial charge on any atom is -0.346 e. The van der Waals surface area contributed by atoms with Crippen LogP contribution < -0.4 is 10.6 Å². The molecule has 0 saturated carbocycles. The second-order valence-corrected chi connectivity index (χ2v) is 5.74. The third-order valence-electron chi connectivity index (χ3n) is 3.58. The highest BCUT2D eigenvalue weighted by Gasteiger charge is 2.08. The molecule has 0 radical (unpaired) electrons. The second-order valence-electron chi connectivity index (χ2n) is 5.34. The number of nitrogens with one attached hydrogen (secondary N) is 2. The van der Waals surface area contributed by atoms with Crippen molar-refractivity contribution in [3.05, 3.63) is 76.8 Å². The zero-order valence-corrected chi connectivity index (χ0v) is 14.3. The topological polar surface area (TPSA) is 79.8 Å². The summed E-state index contributed by atoms with van der Waals surface area (Å²) in [4.78, 5) is 24.6. The summed E-state index contributed by atoms with van der Waals surface area (Å²) in [5, 5.41) is 6.53. The van der Waals surface area contributed by atoms with Gasteiger partial charge >= 0.3 is 0 Å². The molecular formula is C18H16ClN5O. The van der Waals surface area contributed by atoms with Gasteiger partial charge in [0.25, 0.3) is 5.91 Å². The largest absolute Gasteiger partial charge is 0.346 e. The average Bonchev–Trinajstić information content (AvgIpc) is 2.65. The van der Waals surface area contributed by atoms with Crippen molar-refractivity contribution in [2.75, 3.05) is 5.32 Å². The minimum absolute atomic E-state index is 0.254. The molecule has 0 fully saturated rings. The first kappa shape index (κ1) is 16.9. The molecule has 3 rings (SSSR count). The lowest BCUT2D eigenvalue weighted by molar-refractivity contribution is 0.0949. The van der Waals surface area contributed by atoms with Crippen LogP contribution in [0.3, 0.4) is 0 Å². The van der Waals surface area contributed by atoms with E-state index in [4.69, 9.17) is 11.6 Å². The summed E-state index contributed by atoms with van der Waals surface area (Å²) >= 11 is 6.09. The number of benzene rings is 1. The molecule has 0 spiro atoms. The maximum Gasteiger partial charge on any atom is 0.254 e. The van der Waals surface area contributed by atoms with Crippen molar-refractivity contribution < 1.29 is 4.79 Å². The Morgan fingerprint density at radius 3 is 2.60 bits per heavy atom. The minimum atomic E-state index is -0.254. The Bertz CT molecular complexity index is 868. The van der Waals surface area contributed by atoms with Gasteiger partial charge in [0.2, 0.25) is 5.95 Å². The number of amides is 1. The molecule has 0 aliphatic carbocycles. The van der Waals surface area contributed by atoms with Crippen molar-refractivity contribution in [3.63, 3.8) is 0 Å². The van der Waals surface area contributed by atoms with Crippen LogP contribution in [-0.4, -0.2) is 20.9 Å². The maximum absolute atomic E-state index is 12.1. The zero-order chi connectivity index (χ0) is 17.6. The fourth-order valence-electron chi connectivity index (χ4n) is 2.15. The van der Waals surface area contributed by atoms with Crippen LogP contribution in [0.2, 0.25) is 5.02 Å². The van der Waals surface area contributed by atoms with Crippen molar-refractivity contribution in [1.29, 1.82) is 0 Å². The van der Waals surface area contributed by atoms with Gasteiger partial charge in [-0.05, 0) is 36.8 Å². The summed E-state index contributed by atoms with van der Waals surface area (Å²) < 4.78 is 0. The van der Waals surface area contributed by atoms with Crippen LogP contribution in [0.25, 0.3) is 0 Å². The molecule has 2 N–H and O–H groups in total. The van der Waals surface area contributed by atoms with E-state index in [1.165, 1.54) is 12.4 Å². The van der Waals surface area contributed by atoms with E-state index in [9.17, 15) is 4.79 Å². The van der Waals surface area contributed by atoms with E-state index in [0.29, 0.717) is 23.1 Å². The van der Waals surface area contributed by atoms with Gasteiger partial charge in [-0.3, -0.25) is 9.78 Å². The van der Waals surface area contributed by atoms with E-state index in [2.05, 4.69) is 25.6 Å². The Morgan fingerprint density at radius 1 is 1.08 bits per heavy atom. The highest BCUT2D eigenvalue weighted by Crippen LogP contribution is 2.24. The predicted octanol–water partition coefficient (Wildman–Crippen LogP) is 3.51. The molecule has 6 nitrogen and oxygen atoms in total. The highest BCUT2D eigenvalue weighted by molar-refractivity contribution is 6.31. The molecular weight excluding hydrogens is 338 g/mol. The van der Waals surface area contributed by atoms with Crippen molar-refractivity contribution in [2.45, 2.75) is 13.5 Å². The highest BCUT2D eigenvalue weighted by atomic mass is 35.5. The maximum atomic E-state index is 12.1. The zero-order valence-electron chi connectivity index (χ0n) is 13.5. The van der Waals surface area contributed by atoms with Gasteiger partial charge in [0.05, 0.1) is 17.8 Å². The average molecular weight is 354 g/mol. The number of nitrogens with zero attached hydrogens (tertiary/aromatic N) is 3. The monoisotopic (exact) mass is 353 g/mol. The molecule has 0 saturated heterocycles. The molecule has 3 aromatic rings. The molecule has 0 aliphatic rings. The molecule has 1 aromatic carbocycles. The first-order valence-corrected chi connectivity index (χ1v) is 8.03. The quantitative estimate of drug-likeness (QED) is 0.733. The van der Waals surface area contributed by atoms with Gasteiger partial charge in [-0.15, -0.1) is 0 Å². The molecule has 7 heteroatoms. The molecule has 0 aliphatic heterocycles. The Labute approximate surface area is 150 Å². The normalized spacial score (nSPS) is 10.3. The number of pyridine rings is 1. The molecule has 126 valence electrons. The summed E-state index contributed by atoms with van der Waals surface area (Å²) in [5.74, 6) is 0.141. The molecule has 2 aromatic heterocycles. The third kappa shape index (κ3) is 4.30. The summed E-state index contributed by atoms with van der Waals surface area (Å²) in [6.45, 7) is 2.26. The molecule has 2 heterocycles. The van der Waals surface area contributed by atoms with Gasteiger partial charge in [-0.2, -0.15) is 0 Å². The van der Waals surface area contributed by atoms with E-state index >= 15 is 0 Å². The van der Waals surface area contributed by atoms with E-state index < -0.39 is 0 Å². The Hall–Kier alpha value is -2.99. The van der Waals surface area contributed by atoms with Crippen LogP contribution in [0.15, 0.2) is 55.0 Å². The number of hydrogen-bond acceptors (Lipinski definition) is 5. The number of anilines is 2. The molecule has 0 unspecified atom stereocenters. The van der Waals surface area contributed by atoms with Gasteiger partial charge in [-0.1, -0.05) is 23.7 Å². The van der Waals surface area contributed by atoms with Crippen molar-refractivity contribution >= 4 is 29.1 Å². The summed E-state index contributed by atoms with van der Waals surface area (Å²) in [6, 6.07) is 11.1.